The third-order valence-corrected chi connectivity index (χ3v) is 3.79. The van der Waals surface area contributed by atoms with Crippen molar-refractivity contribution in [2.45, 2.75) is 50.7 Å². The van der Waals surface area contributed by atoms with E-state index in [4.69, 9.17) is 9.15 Å². The third kappa shape index (κ3) is 2.73. The molecular formula is C13H19N3O3. The predicted octanol–water partition coefficient (Wildman–Crippen LogP) is 1.55. The lowest BCUT2D eigenvalue weighted by atomic mass is 10.0. The molecule has 2 bridgehead atoms. The molecule has 2 N–H and O–H groups in total. The van der Waals surface area contributed by atoms with Gasteiger partial charge in [0.15, 0.2) is 5.69 Å². The fraction of sp³-hybridized carbons (Fsp3) is 0.692. The third-order valence-electron chi connectivity index (χ3n) is 3.79. The van der Waals surface area contributed by atoms with Gasteiger partial charge in [0.05, 0.1) is 6.61 Å². The van der Waals surface area contributed by atoms with E-state index in [1.807, 2.05) is 0 Å². The lowest BCUT2D eigenvalue weighted by Gasteiger charge is -2.29. The van der Waals surface area contributed by atoms with Gasteiger partial charge in [-0.2, -0.15) is 4.98 Å². The second-order valence-corrected chi connectivity index (χ2v) is 5.21. The number of nitrogens with one attached hydrogen (secondary N) is 2. The second kappa shape index (κ2) is 5.21. The molecule has 1 aromatic rings. The number of piperidine rings is 1. The molecule has 0 radical (unpaired) electrons. The number of hydrogen-bond acceptors (Lipinski definition) is 6. The van der Waals surface area contributed by atoms with Gasteiger partial charge in [0.25, 0.3) is 6.01 Å². The topological polar surface area (TPSA) is 76.4 Å². The first kappa shape index (κ1) is 12.5. The standard InChI is InChI=1S/C13H19N3O3/c1-2-18-12(17)11-7-19-13(16-11)15-10-5-8-3-4-9(6-10)14-8/h7-10,14H,2-6H2,1H3,(H,15,16). The van der Waals surface area contributed by atoms with Crippen LogP contribution in [0.4, 0.5) is 6.01 Å². The van der Waals surface area contributed by atoms with Crippen molar-refractivity contribution in [2.75, 3.05) is 11.9 Å². The van der Waals surface area contributed by atoms with Gasteiger partial charge in [-0.05, 0) is 32.6 Å². The molecule has 6 nitrogen and oxygen atoms in total. The molecule has 0 saturated carbocycles. The van der Waals surface area contributed by atoms with Crippen LogP contribution in [0.25, 0.3) is 0 Å². The molecule has 3 heterocycles. The molecule has 2 saturated heterocycles. The summed E-state index contributed by atoms with van der Waals surface area (Å²) in [6.45, 7) is 2.11. The first-order valence-electron chi connectivity index (χ1n) is 6.90. The van der Waals surface area contributed by atoms with Crippen LogP contribution in [0.5, 0.6) is 0 Å². The number of ether oxygens (including phenoxy) is 1. The SMILES string of the molecule is CCOC(=O)c1coc(NC2CC3CCC(C2)N3)n1. The minimum Gasteiger partial charge on any atom is -0.461 e. The van der Waals surface area contributed by atoms with Crippen LogP contribution in [-0.2, 0) is 4.74 Å². The maximum Gasteiger partial charge on any atom is 0.360 e. The van der Waals surface area contributed by atoms with Crippen molar-refractivity contribution in [2.24, 2.45) is 0 Å². The number of hydrogen-bond donors (Lipinski definition) is 2. The van der Waals surface area contributed by atoms with E-state index in [-0.39, 0.29) is 5.69 Å². The summed E-state index contributed by atoms with van der Waals surface area (Å²) in [4.78, 5) is 15.6. The molecule has 0 amide bonds. The van der Waals surface area contributed by atoms with Gasteiger partial charge >= 0.3 is 5.97 Å². The second-order valence-electron chi connectivity index (χ2n) is 5.21. The molecule has 19 heavy (non-hydrogen) atoms. The lowest BCUT2D eigenvalue weighted by molar-refractivity contribution is 0.0519. The van der Waals surface area contributed by atoms with Crippen LogP contribution < -0.4 is 10.6 Å². The molecule has 0 spiro atoms. The number of carbonyl (C=O) groups is 1. The molecule has 2 aliphatic heterocycles. The highest BCUT2D eigenvalue weighted by Gasteiger charge is 2.33. The summed E-state index contributed by atoms with van der Waals surface area (Å²) in [6.07, 6.45) is 6.00. The zero-order valence-electron chi connectivity index (χ0n) is 11.0. The first-order chi connectivity index (χ1) is 9.24. The summed E-state index contributed by atoms with van der Waals surface area (Å²) < 4.78 is 10.2. The van der Waals surface area contributed by atoms with E-state index in [0.29, 0.717) is 30.7 Å². The molecule has 2 atom stereocenters. The molecule has 1 aromatic heterocycles. The van der Waals surface area contributed by atoms with E-state index in [1.165, 1.54) is 19.1 Å². The van der Waals surface area contributed by atoms with Crippen LogP contribution in [-0.4, -0.2) is 35.7 Å². The maximum absolute atomic E-state index is 11.5. The number of anilines is 1. The van der Waals surface area contributed by atoms with Crippen LogP contribution in [0.2, 0.25) is 0 Å². The zero-order valence-corrected chi connectivity index (χ0v) is 11.0. The zero-order chi connectivity index (χ0) is 13.2. The van der Waals surface area contributed by atoms with Gasteiger partial charge < -0.3 is 19.8 Å². The van der Waals surface area contributed by atoms with Gasteiger partial charge in [0.2, 0.25) is 0 Å². The monoisotopic (exact) mass is 265 g/mol. The minimum absolute atomic E-state index is 0.223. The highest BCUT2D eigenvalue weighted by atomic mass is 16.5. The molecule has 3 rings (SSSR count). The van der Waals surface area contributed by atoms with Crippen molar-refractivity contribution < 1.29 is 13.9 Å². The Bertz CT molecular complexity index is 448. The summed E-state index contributed by atoms with van der Waals surface area (Å²) in [5.74, 6) is -0.440. The van der Waals surface area contributed by atoms with Crippen molar-refractivity contribution in [3.05, 3.63) is 12.0 Å². The molecule has 0 aromatic carbocycles. The number of aromatic nitrogens is 1. The van der Waals surface area contributed by atoms with Gasteiger partial charge in [0, 0.05) is 18.1 Å². The Morgan fingerprint density at radius 1 is 1.53 bits per heavy atom. The van der Waals surface area contributed by atoms with E-state index in [2.05, 4.69) is 15.6 Å². The summed E-state index contributed by atoms with van der Waals surface area (Å²) in [6, 6.07) is 1.99. The molecule has 104 valence electrons. The van der Waals surface area contributed by atoms with Gasteiger partial charge in [-0.25, -0.2) is 4.79 Å². The van der Waals surface area contributed by atoms with E-state index in [9.17, 15) is 4.79 Å². The number of carbonyl (C=O) groups excluding carboxylic acids is 1. The first-order valence-corrected chi connectivity index (χ1v) is 6.90. The van der Waals surface area contributed by atoms with E-state index >= 15 is 0 Å². The fourth-order valence-electron chi connectivity index (χ4n) is 2.99. The van der Waals surface area contributed by atoms with Crippen LogP contribution in [0.3, 0.4) is 0 Å². The van der Waals surface area contributed by atoms with Crippen molar-refractivity contribution in [1.29, 1.82) is 0 Å². The summed E-state index contributed by atoms with van der Waals surface area (Å²) in [5.41, 5.74) is 0.223. The van der Waals surface area contributed by atoms with Crippen LogP contribution in [0, 0.1) is 0 Å². The van der Waals surface area contributed by atoms with Crippen LogP contribution in [0.1, 0.15) is 43.1 Å². The van der Waals surface area contributed by atoms with Crippen molar-refractivity contribution in [1.82, 2.24) is 10.3 Å². The summed E-state index contributed by atoms with van der Waals surface area (Å²) in [5, 5.41) is 6.85. The van der Waals surface area contributed by atoms with E-state index < -0.39 is 5.97 Å². The summed E-state index contributed by atoms with van der Waals surface area (Å²) in [7, 11) is 0. The van der Waals surface area contributed by atoms with Gasteiger partial charge in [-0.15, -0.1) is 0 Å². The largest absolute Gasteiger partial charge is 0.461 e. The van der Waals surface area contributed by atoms with E-state index in [1.54, 1.807) is 6.92 Å². The fourth-order valence-corrected chi connectivity index (χ4v) is 2.99. The van der Waals surface area contributed by atoms with Gasteiger partial charge in [-0.1, -0.05) is 0 Å². The Kier molecular flexibility index (Phi) is 3.42. The predicted molar refractivity (Wildman–Crippen MR) is 69.0 cm³/mol. The highest BCUT2D eigenvalue weighted by Crippen LogP contribution is 2.28. The number of oxazole rings is 1. The normalized spacial score (nSPS) is 29.2. The Morgan fingerprint density at radius 3 is 2.95 bits per heavy atom. The van der Waals surface area contributed by atoms with Crippen molar-refractivity contribution >= 4 is 12.0 Å². The van der Waals surface area contributed by atoms with E-state index in [0.717, 1.165) is 12.8 Å². The highest BCUT2D eigenvalue weighted by molar-refractivity contribution is 5.87. The average molecular weight is 265 g/mol. The molecule has 2 aliphatic rings. The molecule has 2 fully saturated rings. The number of nitrogens with zero attached hydrogens (tertiary/aromatic N) is 1. The van der Waals surface area contributed by atoms with Crippen molar-refractivity contribution in [3.63, 3.8) is 0 Å². The number of esters is 1. The molecular weight excluding hydrogens is 246 g/mol. The number of rotatable bonds is 4. The Morgan fingerprint density at radius 2 is 2.26 bits per heavy atom. The van der Waals surface area contributed by atoms with Crippen molar-refractivity contribution in [3.8, 4) is 0 Å². The Hall–Kier alpha value is -1.56. The molecule has 0 aliphatic carbocycles. The lowest BCUT2D eigenvalue weighted by Crippen LogP contribution is -2.43. The smallest absolute Gasteiger partial charge is 0.360 e. The molecule has 2 unspecified atom stereocenters. The quantitative estimate of drug-likeness (QED) is 0.804. The minimum atomic E-state index is -0.440. The van der Waals surface area contributed by atoms with Crippen LogP contribution >= 0.6 is 0 Å². The maximum atomic E-state index is 11.5. The summed E-state index contributed by atoms with van der Waals surface area (Å²) >= 11 is 0. The number of fused-ring (bicyclic) bond motifs is 2. The Labute approximate surface area is 111 Å². The van der Waals surface area contributed by atoms with Gasteiger partial charge in [0.1, 0.15) is 6.26 Å². The van der Waals surface area contributed by atoms with Crippen LogP contribution in [0.15, 0.2) is 10.7 Å². The molecule has 6 heteroatoms. The van der Waals surface area contributed by atoms with Gasteiger partial charge in [-0.3, -0.25) is 0 Å². The average Bonchev–Trinajstić information content (AvgIpc) is 2.97. The Balaban J connectivity index is 1.59.